The van der Waals surface area contributed by atoms with Crippen LogP contribution < -0.4 is 0 Å². The maximum atomic E-state index is 13.6. The van der Waals surface area contributed by atoms with E-state index in [2.05, 4.69) is 4.98 Å². The van der Waals surface area contributed by atoms with Gasteiger partial charge < -0.3 is 0 Å². The molecule has 0 N–H and O–H groups in total. The Bertz CT molecular complexity index is 692. The third kappa shape index (κ3) is 3.84. The fourth-order valence-corrected chi connectivity index (χ4v) is 4.03. The van der Waals surface area contributed by atoms with Crippen LogP contribution in [0.3, 0.4) is 0 Å². The Morgan fingerprint density at radius 2 is 2.00 bits per heavy atom. The van der Waals surface area contributed by atoms with Crippen LogP contribution in [0.15, 0.2) is 24.3 Å². The van der Waals surface area contributed by atoms with Gasteiger partial charge in [0.25, 0.3) is 0 Å². The SMILES string of the molecule is Cc1nc(CS(C)(=O)=O)sc1Cc1ccccc1F. The zero-order valence-corrected chi connectivity index (χ0v) is 12.3. The summed E-state index contributed by atoms with van der Waals surface area (Å²) in [5, 5.41) is 0.561. The van der Waals surface area contributed by atoms with E-state index in [9.17, 15) is 12.8 Å². The summed E-state index contributed by atoms with van der Waals surface area (Å²) in [7, 11) is -3.09. The van der Waals surface area contributed by atoms with E-state index in [0.29, 0.717) is 17.0 Å². The van der Waals surface area contributed by atoms with Crippen molar-refractivity contribution < 1.29 is 12.8 Å². The van der Waals surface area contributed by atoms with Crippen molar-refractivity contribution in [2.75, 3.05) is 6.26 Å². The first-order valence-corrected chi connectivity index (χ1v) is 8.59. The Hall–Kier alpha value is -1.27. The maximum absolute atomic E-state index is 13.6. The summed E-state index contributed by atoms with van der Waals surface area (Å²) in [6.07, 6.45) is 1.63. The third-order valence-corrected chi connectivity index (χ3v) is 4.77. The highest BCUT2D eigenvalue weighted by Crippen LogP contribution is 2.23. The molecular weight excluding hydrogens is 285 g/mol. The van der Waals surface area contributed by atoms with Gasteiger partial charge in [-0.2, -0.15) is 0 Å². The molecule has 0 aliphatic carbocycles. The van der Waals surface area contributed by atoms with Crippen LogP contribution in [0.5, 0.6) is 0 Å². The smallest absolute Gasteiger partial charge is 0.153 e. The van der Waals surface area contributed by atoms with Crippen LogP contribution in [-0.2, 0) is 22.0 Å². The third-order valence-electron chi connectivity index (χ3n) is 2.63. The summed E-state index contributed by atoms with van der Waals surface area (Å²) in [4.78, 5) is 5.14. The van der Waals surface area contributed by atoms with E-state index in [4.69, 9.17) is 0 Å². The predicted octanol–water partition coefficient (Wildman–Crippen LogP) is 2.73. The summed E-state index contributed by atoms with van der Waals surface area (Å²) in [6.45, 7) is 1.82. The van der Waals surface area contributed by atoms with Crippen molar-refractivity contribution in [2.45, 2.75) is 19.1 Å². The number of aromatic nitrogens is 1. The van der Waals surface area contributed by atoms with Gasteiger partial charge in [0, 0.05) is 17.6 Å². The normalized spacial score (nSPS) is 11.7. The number of aryl methyl sites for hydroxylation is 1. The number of thiazole rings is 1. The lowest BCUT2D eigenvalue weighted by molar-refractivity contribution is 0.601. The molecule has 0 fully saturated rings. The highest BCUT2D eigenvalue weighted by atomic mass is 32.2. The zero-order valence-electron chi connectivity index (χ0n) is 10.7. The maximum Gasteiger partial charge on any atom is 0.153 e. The molecule has 0 atom stereocenters. The highest BCUT2D eigenvalue weighted by molar-refractivity contribution is 7.90. The molecule has 6 heteroatoms. The highest BCUT2D eigenvalue weighted by Gasteiger charge is 2.13. The summed E-state index contributed by atoms with van der Waals surface area (Å²) < 4.78 is 36.1. The van der Waals surface area contributed by atoms with Crippen molar-refractivity contribution in [3.63, 3.8) is 0 Å². The Morgan fingerprint density at radius 3 is 2.63 bits per heavy atom. The van der Waals surface area contributed by atoms with E-state index in [0.717, 1.165) is 10.6 Å². The molecule has 0 radical (unpaired) electrons. The van der Waals surface area contributed by atoms with Gasteiger partial charge in [0.1, 0.15) is 16.6 Å². The molecule has 0 unspecified atom stereocenters. The van der Waals surface area contributed by atoms with Crippen molar-refractivity contribution in [2.24, 2.45) is 0 Å². The molecule has 0 bridgehead atoms. The number of rotatable bonds is 4. The minimum atomic E-state index is -3.09. The lowest BCUT2D eigenvalue weighted by atomic mass is 10.1. The fourth-order valence-electron chi connectivity index (χ4n) is 1.75. The second-order valence-electron chi connectivity index (χ2n) is 4.45. The molecule has 0 saturated carbocycles. The predicted molar refractivity (Wildman–Crippen MR) is 74.6 cm³/mol. The first kappa shape index (κ1) is 14.1. The van der Waals surface area contributed by atoms with Crippen LogP contribution in [0, 0.1) is 12.7 Å². The average molecular weight is 299 g/mol. The molecule has 0 spiro atoms. The largest absolute Gasteiger partial charge is 0.245 e. The topological polar surface area (TPSA) is 47.0 Å². The van der Waals surface area contributed by atoms with Crippen LogP contribution >= 0.6 is 11.3 Å². The minimum Gasteiger partial charge on any atom is -0.245 e. The van der Waals surface area contributed by atoms with E-state index in [1.54, 1.807) is 18.2 Å². The van der Waals surface area contributed by atoms with Crippen LogP contribution in [0.25, 0.3) is 0 Å². The van der Waals surface area contributed by atoms with Gasteiger partial charge in [0.05, 0.1) is 5.69 Å². The van der Waals surface area contributed by atoms with E-state index >= 15 is 0 Å². The number of nitrogens with zero attached hydrogens (tertiary/aromatic N) is 1. The Kier molecular flexibility index (Phi) is 4.01. The van der Waals surface area contributed by atoms with Gasteiger partial charge in [-0.25, -0.2) is 17.8 Å². The van der Waals surface area contributed by atoms with Crippen LogP contribution in [0.4, 0.5) is 4.39 Å². The van der Waals surface area contributed by atoms with Crippen molar-refractivity contribution >= 4 is 21.2 Å². The standard InChI is InChI=1S/C13H14FNO2S2/c1-9-12(7-10-5-3-4-6-11(10)14)18-13(15-9)8-19(2,16)17/h3-6H,7-8H2,1-2H3. The second kappa shape index (κ2) is 5.38. The first-order valence-electron chi connectivity index (χ1n) is 5.71. The number of benzene rings is 1. The Labute approximate surface area is 116 Å². The van der Waals surface area contributed by atoms with E-state index in [1.807, 2.05) is 6.92 Å². The number of hydrogen-bond donors (Lipinski definition) is 0. The minimum absolute atomic E-state index is 0.0597. The fraction of sp³-hybridized carbons (Fsp3) is 0.308. The van der Waals surface area contributed by atoms with Gasteiger partial charge in [-0.3, -0.25) is 0 Å². The zero-order chi connectivity index (χ0) is 14.0. The molecule has 102 valence electrons. The second-order valence-corrected chi connectivity index (χ2v) is 7.76. The van der Waals surface area contributed by atoms with Gasteiger partial charge >= 0.3 is 0 Å². The Morgan fingerprint density at radius 1 is 1.32 bits per heavy atom. The van der Waals surface area contributed by atoms with Crippen molar-refractivity contribution in [1.82, 2.24) is 4.98 Å². The Balaban J connectivity index is 2.25. The molecule has 0 aliphatic rings. The molecule has 0 saturated heterocycles. The quantitative estimate of drug-likeness (QED) is 0.872. The lowest BCUT2D eigenvalue weighted by Crippen LogP contribution is -1.99. The van der Waals surface area contributed by atoms with Crippen molar-refractivity contribution in [3.8, 4) is 0 Å². The molecule has 2 rings (SSSR count). The van der Waals surface area contributed by atoms with E-state index < -0.39 is 9.84 Å². The molecular formula is C13H14FNO2S2. The summed E-state index contributed by atoms with van der Waals surface area (Å²) in [5.41, 5.74) is 1.37. The number of hydrogen-bond acceptors (Lipinski definition) is 4. The van der Waals surface area contributed by atoms with Gasteiger partial charge in [-0.15, -0.1) is 11.3 Å². The molecule has 0 aliphatic heterocycles. The summed E-state index contributed by atoms with van der Waals surface area (Å²) in [5.74, 6) is -0.310. The molecule has 3 nitrogen and oxygen atoms in total. The van der Waals surface area contributed by atoms with Crippen LogP contribution in [0.1, 0.15) is 21.1 Å². The van der Waals surface area contributed by atoms with E-state index in [1.165, 1.54) is 23.7 Å². The lowest BCUT2D eigenvalue weighted by Gasteiger charge is -2.00. The van der Waals surface area contributed by atoms with Gasteiger partial charge in [-0.05, 0) is 18.6 Å². The summed E-state index contributed by atoms with van der Waals surface area (Å²) in [6, 6.07) is 6.58. The van der Waals surface area contributed by atoms with Crippen LogP contribution in [0.2, 0.25) is 0 Å². The molecule has 19 heavy (non-hydrogen) atoms. The van der Waals surface area contributed by atoms with Crippen LogP contribution in [-0.4, -0.2) is 19.7 Å². The number of halogens is 1. The number of sulfone groups is 1. The van der Waals surface area contributed by atoms with Gasteiger partial charge in [-0.1, -0.05) is 18.2 Å². The molecule has 1 aromatic heterocycles. The molecule has 1 heterocycles. The summed E-state index contributed by atoms with van der Waals surface area (Å²) >= 11 is 1.33. The van der Waals surface area contributed by atoms with Crippen molar-refractivity contribution in [3.05, 3.63) is 51.2 Å². The first-order chi connectivity index (χ1) is 8.85. The van der Waals surface area contributed by atoms with Gasteiger partial charge in [0.15, 0.2) is 9.84 Å². The molecule has 2 aromatic rings. The average Bonchev–Trinajstić information content (AvgIpc) is 2.60. The molecule has 0 amide bonds. The van der Waals surface area contributed by atoms with Crippen molar-refractivity contribution in [1.29, 1.82) is 0 Å². The molecule has 1 aromatic carbocycles. The monoisotopic (exact) mass is 299 g/mol. The van der Waals surface area contributed by atoms with E-state index in [-0.39, 0.29) is 11.6 Å². The van der Waals surface area contributed by atoms with Gasteiger partial charge in [0.2, 0.25) is 0 Å².